The summed E-state index contributed by atoms with van der Waals surface area (Å²) in [5, 5.41) is 0.603. The molecule has 0 aliphatic rings. The molecule has 0 amide bonds. The lowest BCUT2D eigenvalue weighted by atomic mass is 10.2. The number of fused-ring (bicyclic) bond motifs is 1. The predicted molar refractivity (Wildman–Crippen MR) is 70.9 cm³/mol. The zero-order chi connectivity index (χ0) is 12.9. The van der Waals surface area contributed by atoms with Crippen molar-refractivity contribution in [2.45, 2.75) is 6.92 Å². The van der Waals surface area contributed by atoms with E-state index in [1.807, 2.05) is 24.6 Å². The molecule has 6 heteroatoms. The fourth-order valence-electron chi connectivity index (χ4n) is 2.06. The van der Waals surface area contributed by atoms with Crippen molar-refractivity contribution >= 4 is 27.6 Å². The quantitative estimate of drug-likeness (QED) is 0.733. The van der Waals surface area contributed by atoms with E-state index < -0.39 is 0 Å². The minimum absolute atomic E-state index is 0.325. The van der Waals surface area contributed by atoms with Crippen LogP contribution in [0.1, 0.15) is 5.69 Å². The molecule has 0 saturated carbocycles. The Labute approximate surface area is 107 Å². The van der Waals surface area contributed by atoms with Gasteiger partial charge in [0.2, 0.25) is 0 Å². The highest BCUT2D eigenvalue weighted by atomic mass is 32.1. The smallest absolute Gasteiger partial charge is 0.151 e. The average molecular weight is 262 g/mol. The zero-order valence-electron chi connectivity index (χ0n) is 9.94. The number of anilines is 1. The molecule has 92 valence electrons. The van der Waals surface area contributed by atoms with Gasteiger partial charge in [-0.1, -0.05) is 6.07 Å². The summed E-state index contributed by atoms with van der Waals surface area (Å²) in [6.45, 7) is 1.87. The van der Waals surface area contributed by atoms with E-state index in [1.165, 1.54) is 17.6 Å². The molecule has 0 saturated heterocycles. The van der Waals surface area contributed by atoms with Crippen LogP contribution in [0.2, 0.25) is 0 Å². The summed E-state index contributed by atoms with van der Waals surface area (Å²) in [7, 11) is 1.85. The van der Waals surface area contributed by atoms with Gasteiger partial charge in [-0.3, -0.25) is 0 Å². The molecule has 0 atom stereocenters. The summed E-state index contributed by atoms with van der Waals surface area (Å²) < 4.78 is 19.7. The van der Waals surface area contributed by atoms with E-state index in [1.54, 1.807) is 6.07 Å². The average Bonchev–Trinajstić information content (AvgIpc) is 2.83. The Morgan fingerprint density at radius 1 is 1.39 bits per heavy atom. The molecular formula is C12H11FN4S. The second-order valence-electron chi connectivity index (χ2n) is 4.11. The summed E-state index contributed by atoms with van der Waals surface area (Å²) in [5.74, 6) is 0.326. The van der Waals surface area contributed by atoms with Crippen molar-refractivity contribution in [3.63, 3.8) is 0 Å². The van der Waals surface area contributed by atoms with Gasteiger partial charge in [0, 0.05) is 7.05 Å². The van der Waals surface area contributed by atoms with Crippen LogP contribution >= 0.6 is 11.5 Å². The fraction of sp³-hybridized carbons (Fsp3) is 0.167. The Kier molecular flexibility index (Phi) is 2.34. The predicted octanol–water partition coefficient (Wildman–Crippen LogP) is 2.73. The Bertz CT molecular complexity index is 724. The Morgan fingerprint density at radius 3 is 2.78 bits per heavy atom. The van der Waals surface area contributed by atoms with Crippen molar-refractivity contribution in [2.75, 3.05) is 5.73 Å². The number of halogens is 1. The van der Waals surface area contributed by atoms with Crippen molar-refractivity contribution in [3.05, 3.63) is 29.7 Å². The number of hydrogen-bond donors (Lipinski definition) is 1. The molecular weight excluding hydrogens is 251 g/mol. The van der Waals surface area contributed by atoms with Gasteiger partial charge in [0.1, 0.15) is 16.3 Å². The lowest BCUT2D eigenvalue weighted by molar-refractivity contribution is 0.637. The first-order valence-corrected chi connectivity index (χ1v) is 6.20. The van der Waals surface area contributed by atoms with Crippen LogP contribution in [-0.2, 0) is 7.05 Å². The number of aryl methyl sites for hydroxylation is 2. The summed E-state index contributed by atoms with van der Waals surface area (Å²) in [6.07, 6.45) is 0. The maximum absolute atomic E-state index is 13.7. The highest BCUT2D eigenvalue weighted by molar-refractivity contribution is 7.10. The van der Waals surface area contributed by atoms with Crippen LogP contribution in [0.5, 0.6) is 0 Å². The van der Waals surface area contributed by atoms with E-state index in [-0.39, 0.29) is 5.82 Å². The molecule has 3 aromatic rings. The van der Waals surface area contributed by atoms with E-state index in [2.05, 4.69) is 9.36 Å². The standard InChI is InChI=1S/C12H11FN4S/c1-6-9(11(14)18-16-6)12-15-10-7(13)4-3-5-8(10)17(12)2/h3-5H,14H2,1-2H3. The van der Waals surface area contributed by atoms with Crippen LogP contribution in [0.25, 0.3) is 22.4 Å². The third-order valence-electron chi connectivity index (χ3n) is 2.97. The molecule has 2 N–H and O–H groups in total. The molecule has 0 bridgehead atoms. The monoisotopic (exact) mass is 262 g/mol. The SMILES string of the molecule is Cc1nsc(N)c1-c1nc2c(F)cccc2n1C. The topological polar surface area (TPSA) is 56.7 Å². The van der Waals surface area contributed by atoms with Crippen LogP contribution in [0.4, 0.5) is 9.39 Å². The molecule has 2 heterocycles. The normalized spacial score (nSPS) is 11.3. The first kappa shape index (κ1) is 11.2. The van der Waals surface area contributed by atoms with Crippen LogP contribution in [0.3, 0.4) is 0 Å². The number of nitrogens with zero attached hydrogens (tertiary/aromatic N) is 3. The van der Waals surface area contributed by atoms with Crippen molar-refractivity contribution in [1.29, 1.82) is 0 Å². The zero-order valence-corrected chi connectivity index (χ0v) is 10.8. The molecule has 0 aliphatic carbocycles. The molecule has 18 heavy (non-hydrogen) atoms. The number of nitrogens with two attached hydrogens (primary N) is 1. The van der Waals surface area contributed by atoms with E-state index in [9.17, 15) is 4.39 Å². The van der Waals surface area contributed by atoms with Gasteiger partial charge in [-0.15, -0.1) is 0 Å². The van der Waals surface area contributed by atoms with Gasteiger partial charge in [0.15, 0.2) is 5.82 Å². The number of aromatic nitrogens is 3. The summed E-state index contributed by atoms with van der Waals surface area (Å²) in [5.41, 5.74) is 8.62. The second-order valence-corrected chi connectivity index (χ2v) is 4.91. The van der Waals surface area contributed by atoms with Gasteiger partial charge in [0.05, 0.1) is 16.8 Å². The van der Waals surface area contributed by atoms with Gasteiger partial charge in [-0.2, -0.15) is 4.37 Å². The van der Waals surface area contributed by atoms with Gasteiger partial charge < -0.3 is 10.3 Å². The van der Waals surface area contributed by atoms with Crippen molar-refractivity contribution in [3.8, 4) is 11.4 Å². The van der Waals surface area contributed by atoms with Crippen molar-refractivity contribution < 1.29 is 4.39 Å². The van der Waals surface area contributed by atoms with Crippen LogP contribution in [-0.4, -0.2) is 13.9 Å². The molecule has 1 aromatic carbocycles. The number of rotatable bonds is 1. The molecule has 3 rings (SSSR count). The van der Waals surface area contributed by atoms with Crippen LogP contribution < -0.4 is 5.73 Å². The molecule has 0 radical (unpaired) electrons. The van der Waals surface area contributed by atoms with Crippen molar-refractivity contribution in [2.24, 2.45) is 7.05 Å². The molecule has 0 aliphatic heterocycles. The Balaban J connectivity index is 2.38. The van der Waals surface area contributed by atoms with Crippen molar-refractivity contribution in [1.82, 2.24) is 13.9 Å². The van der Waals surface area contributed by atoms with E-state index in [4.69, 9.17) is 5.73 Å². The van der Waals surface area contributed by atoms with E-state index in [0.717, 1.165) is 16.8 Å². The highest BCUT2D eigenvalue weighted by Crippen LogP contribution is 2.33. The maximum Gasteiger partial charge on any atom is 0.151 e. The molecule has 4 nitrogen and oxygen atoms in total. The summed E-state index contributed by atoms with van der Waals surface area (Å²) in [6, 6.07) is 4.91. The Morgan fingerprint density at radius 2 is 2.17 bits per heavy atom. The number of nitrogen functional groups attached to an aromatic ring is 1. The Hall–Kier alpha value is -1.95. The second kappa shape index (κ2) is 3.78. The third-order valence-corrected chi connectivity index (χ3v) is 3.74. The third kappa shape index (κ3) is 1.42. The number of para-hydroxylation sites is 1. The van der Waals surface area contributed by atoms with Gasteiger partial charge in [-0.05, 0) is 30.6 Å². The first-order chi connectivity index (χ1) is 8.59. The highest BCUT2D eigenvalue weighted by Gasteiger charge is 2.18. The minimum Gasteiger partial charge on any atom is -0.389 e. The van der Waals surface area contributed by atoms with Gasteiger partial charge in [0.25, 0.3) is 0 Å². The van der Waals surface area contributed by atoms with Gasteiger partial charge >= 0.3 is 0 Å². The van der Waals surface area contributed by atoms with Gasteiger partial charge in [-0.25, -0.2) is 9.37 Å². The largest absolute Gasteiger partial charge is 0.389 e. The summed E-state index contributed by atoms with van der Waals surface area (Å²) >= 11 is 1.23. The minimum atomic E-state index is -0.325. The molecule has 2 aromatic heterocycles. The summed E-state index contributed by atoms with van der Waals surface area (Å²) in [4.78, 5) is 4.35. The molecule has 0 spiro atoms. The lowest BCUT2D eigenvalue weighted by Gasteiger charge is -2.01. The van der Waals surface area contributed by atoms with E-state index >= 15 is 0 Å². The molecule has 0 unspecified atom stereocenters. The van der Waals surface area contributed by atoms with Crippen LogP contribution in [0.15, 0.2) is 18.2 Å². The number of benzene rings is 1. The fourth-order valence-corrected chi connectivity index (χ4v) is 2.72. The molecule has 0 fully saturated rings. The number of hydrogen-bond acceptors (Lipinski definition) is 4. The first-order valence-electron chi connectivity index (χ1n) is 5.42. The number of imidazole rings is 1. The van der Waals surface area contributed by atoms with E-state index in [0.29, 0.717) is 16.3 Å². The maximum atomic E-state index is 13.7. The lowest BCUT2D eigenvalue weighted by Crippen LogP contribution is -1.95. The van der Waals surface area contributed by atoms with Crippen LogP contribution in [0, 0.1) is 12.7 Å².